The molecule has 0 aromatic heterocycles. The highest BCUT2D eigenvalue weighted by Crippen LogP contribution is 2.31. The maximum atomic E-state index is 13.6. The molecule has 4 heteroatoms. The summed E-state index contributed by atoms with van der Waals surface area (Å²) < 4.78 is 19.0. The lowest BCUT2D eigenvalue weighted by Crippen LogP contribution is -2.43. The zero-order chi connectivity index (χ0) is 11.4. The van der Waals surface area contributed by atoms with Crippen LogP contribution in [0.2, 0.25) is 0 Å². The second-order valence-electron chi connectivity index (χ2n) is 3.76. The van der Waals surface area contributed by atoms with E-state index in [1.807, 2.05) is 13.0 Å². The molecule has 1 aromatic carbocycles. The van der Waals surface area contributed by atoms with Gasteiger partial charge < -0.3 is 15.0 Å². The number of benzene rings is 1. The van der Waals surface area contributed by atoms with E-state index in [9.17, 15) is 4.39 Å². The summed E-state index contributed by atoms with van der Waals surface area (Å²) >= 11 is 0. The third-order valence-electron chi connectivity index (χ3n) is 2.69. The van der Waals surface area contributed by atoms with Crippen LogP contribution in [0.25, 0.3) is 0 Å². The number of rotatable bonds is 3. The van der Waals surface area contributed by atoms with Gasteiger partial charge in [-0.25, -0.2) is 4.39 Å². The Morgan fingerprint density at radius 2 is 2.12 bits per heavy atom. The predicted octanol–water partition coefficient (Wildman–Crippen LogP) is 1.63. The van der Waals surface area contributed by atoms with Crippen LogP contribution in [0.1, 0.15) is 6.92 Å². The Hall–Kier alpha value is -1.29. The topological polar surface area (TPSA) is 24.5 Å². The molecule has 1 aliphatic rings. The summed E-state index contributed by atoms with van der Waals surface area (Å²) in [5, 5.41) is 3.27. The second-order valence-corrected chi connectivity index (χ2v) is 3.76. The third kappa shape index (κ3) is 2.27. The second kappa shape index (κ2) is 5.16. The molecule has 0 saturated carbocycles. The average Bonchev–Trinajstić information content (AvgIpc) is 2.33. The van der Waals surface area contributed by atoms with Crippen LogP contribution in [-0.4, -0.2) is 32.8 Å². The highest BCUT2D eigenvalue weighted by atomic mass is 19.1. The number of hydrogen-bond acceptors (Lipinski definition) is 3. The molecule has 1 saturated heterocycles. The molecule has 1 heterocycles. The summed E-state index contributed by atoms with van der Waals surface area (Å²) in [4.78, 5) is 2.16. The predicted molar refractivity (Wildman–Crippen MR) is 62.7 cm³/mol. The van der Waals surface area contributed by atoms with E-state index in [1.54, 1.807) is 6.07 Å². The lowest BCUT2D eigenvalue weighted by molar-refractivity contribution is 0.321. The van der Waals surface area contributed by atoms with E-state index in [0.29, 0.717) is 12.4 Å². The van der Waals surface area contributed by atoms with Crippen LogP contribution < -0.4 is 15.0 Å². The Balaban J connectivity index is 2.27. The fourth-order valence-corrected chi connectivity index (χ4v) is 1.94. The molecule has 0 unspecified atom stereocenters. The van der Waals surface area contributed by atoms with Crippen molar-refractivity contribution in [2.75, 3.05) is 37.7 Å². The Morgan fingerprint density at radius 3 is 2.81 bits per heavy atom. The van der Waals surface area contributed by atoms with E-state index in [-0.39, 0.29) is 5.82 Å². The number of nitrogens with one attached hydrogen (secondary N) is 1. The first-order valence-corrected chi connectivity index (χ1v) is 5.70. The minimum atomic E-state index is -0.280. The van der Waals surface area contributed by atoms with E-state index in [2.05, 4.69) is 10.2 Å². The first-order valence-electron chi connectivity index (χ1n) is 5.70. The molecule has 1 N–H and O–H groups in total. The van der Waals surface area contributed by atoms with Crippen LogP contribution in [0.15, 0.2) is 18.2 Å². The Morgan fingerprint density at radius 1 is 1.38 bits per heavy atom. The van der Waals surface area contributed by atoms with Gasteiger partial charge in [-0.15, -0.1) is 0 Å². The van der Waals surface area contributed by atoms with Crippen LogP contribution in [0.5, 0.6) is 5.75 Å². The Kier molecular flexibility index (Phi) is 3.62. The van der Waals surface area contributed by atoms with Gasteiger partial charge in [-0.1, -0.05) is 6.07 Å². The monoisotopic (exact) mass is 224 g/mol. The van der Waals surface area contributed by atoms with Crippen LogP contribution >= 0.6 is 0 Å². The number of anilines is 1. The molecule has 88 valence electrons. The molecule has 16 heavy (non-hydrogen) atoms. The molecule has 1 aromatic rings. The lowest BCUT2D eigenvalue weighted by atomic mass is 10.2. The van der Waals surface area contributed by atoms with Crippen molar-refractivity contribution >= 4 is 5.69 Å². The number of para-hydroxylation sites is 1. The molecule has 0 aliphatic carbocycles. The Labute approximate surface area is 95.2 Å². The molecule has 1 aliphatic heterocycles. The SMILES string of the molecule is CCOc1c(F)cccc1N1CCNCC1. The van der Waals surface area contributed by atoms with Crippen molar-refractivity contribution in [2.45, 2.75) is 6.92 Å². The van der Waals surface area contributed by atoms with Crippen molar-refractivity contribution in [3.8, 4) is 5.75 Å². The molecule has 0 spiro atoms. The maximum Gasteiger partial charge on any atom is 0.178 e. The molecule has 0 atom stereocenters. The van der Waals surface area contributed by atoms with E-state index < -0.39 is 0 Å². The van der Waals surface area contributed by atoms with Gasteiger partial charge in [0.2, 0.25) is 0 Å². The largest absolute Gasteiger partial charge is 0.489 e. The van der Waals surface area contributed by atoms with Gasteiger partial charge in [0.15, 0.2) is 11.6 Å². The van der Waals surface area contributed by atoms with E-state index in [1.165, 1.54) is 6.07 Å². The van der Waals surface area contributed by atoms with Gasteiger partial charge in [0.25, 0.3) is 0 Å². The number of ether oxygens (including phenoxy) is 1. The van der Waals surface area contributed by atoms with Crippen molar-refractivity contribution in [3.63, 3.8) is 0 Å². The summed E-state index contributed by atoms with van der Waals surface area (Å²) in [5.41, 5.74) is 0.864. The first kappa shape index (κ1) is 11.2. The molecule has 0 radical (unpaired) electrons. The van der Waals surface area contributed by atoms with Crippen LogP contribution in [-0.2, 0) is 0 Å². The van der Waals surface area contributed by atoms with Gasteiger partial charge in [0.05, 0.1) is 12.3 Å². The summed E-state index contributed by atoms with van der Waals surface area (Å²) in [7, 11) is 0. The van der Waals surface area contributed by atoms with Crippen molar-refractivity contribution in [1.82, 2.24) is 5.32 Å². The van der Waals surface area contributed by atoms with Crippen LogP contribution in [0.4, 0.5) is 10.1 Å². The molecule has 0 bridgehead atoms. The van der Waals surface area contributed by atoms with Crippen molar-refractivity contribution < 1.29 is 9.13 Å². The Bertz CT molecular complexity index is 351. The van der Waals surface area contributed by atoms with Crippen LogP contribution in [0, 0.1) is 5.82 Å². The minimum Gasteiger partial charge on any atom is -0.489 e. The van der Waals surface area contributed by atoms with Gasteiger partial charge in [0.1, 0.15) is 0 Å². The highest BCUT2D eigenvalue weighted by molar-refractivity contribution is 5.59. The molecular weight excluding hydrogens is 207 g/mol. The van der Waals surface area contributed by atoms with E-state index in [4.69, 9.17) is 4.74 Å². The van der Waals surface area contributed by atoms with Gasteiger partial charge in [-0.2, -0.15) is 0 Å². The highest BCUT2D eigenvalue weighted by Gasteiger charge is 2.17. The zero-order valence-corrected chi connectivity index (χ0v) is 9.50. The van der Waals surface area contributed by atoms with Crippen molar-refractivity contribution in [1.29, 1.82) is 0 Å². The molecular formula is C12H17FN2O. The maximum absolute atomic E-state index is 13.6. The standard InChI is InChI=1S/C12H17FN2O/c1-2-16-12-10(13)4-3-5-11(12)15-8-6-14-7-9-15/h3-5,14H,2,6-9H2,1H3. The summed E-state index contributed by atoms with van der Waals surface area (Å²) in [6.45, 7) is 6.01. The number of halogens is 1. The smallest absolute Gasteiger partial charge is 0.178 e. The zero-order valence-electron chi connectivity index (χ0n) is 9.50. The van der Waals surface area contributed by atoms with Gasteiger partial charge in [0, 0.05) is 26.2 Å². The van der Waals surface area contributed by atoms with Crippen molar-refractivity contribution in [3.05, 3.63) is 24.0 Å². The van der Waals surface area contributed by atoms with Gasteiger partial charge in [-0.3, -0.25) is 0 Å². The number of hydrogen-bond donors (Lipinski definition) is 1. The van der Waals surface area contributed by atoms with Crippen molar-refractivity contribution in [2.24, 2.45) is 0 Å². The summed E-state index contributed by atoms with van der Waals surface area (Å²) in [6.07, 6.45) is 0. The van der Waals surface area contributed by atoms with Gasteiger partial charge in [-0.05, 0) is 19.1 Å². The quantitative estimate of drug-likeness (QED) is 0.844. The number of piperazine rings is 1. The number of nitrogens with zero attached hydrogens (tertiary/aromatic N) is 1. The lowest BCUT2D eigenvalue weighted by Gasteiger charge is -2.30. The van der Waals surface area contributed by atoms with E-state index in [0.717, 1.165) is 31.9 Å². The van der Waals surface area contributed by atoms with Crippen LogP contribution in [0.3, 0.4) is 0 Å². The average molecular weight is 224 g/mol. The molecule has 3 nitrogen and oxygen atoms in total. The fourth-order valence-electron chi connectivity index (χ4n) is 1.94. The fraction of sp³-hybridized carbons (Fsp3) is 0.500. The summed E-state index contributed by atoms with van der Waals surface area (Å²) in [6, 6.07) is 5.09. The minimum absolute atomic E-state index is 0.280. The summed E-state index contributed by atoms with van der Waals surface area (Å²) in [5.74, 6) is 0.102. The molecule has 2 rings (SSSR count). The molecule has 1 fully saturated rings. The van der Waals surface area contributed by atoms with Gasteiger partial charge >= 0.3 is 0 Å². The van der Waals surface area contributed by atoms with E-state index >= 15 is 0 Å². The normalized spacial score (nSPS) is 16.2. The molecule has 0 amide bonds. The third-order valence-corrected chi connectivity index (χ3v) is 2.69. The first-order chi connectivity index (χ1) is 7.83.